The summed E-state index contributed by atoms with van der Waals surface area (Å²) in [4.78, 5) is 17.0. The average molecular weight is 409 g/mol. The van der Waals surface area contributed by atoms with Crippen molar-refractivity contribution in [3.63, 3.8) is 0 Å². The lowest BCUT2D eigenvalue weighted by atomic mass is 9.86. The molecule has 0 saturated carbocycles. The molecule has 30 heavy (non-hydrogen) atoms. The Labute approximate surface area is 176 Å². The Hall–Kier alpha value is -3.35. The van der Waals surface area contributed by atoms with Crippen molar-refractivity contribution in [2.24, 2.45) is 0 Å². The molecular formula is C23H27N3O4. The summed E-state index contributed by atoms with van der Waals surface area (Å²) in [6.07, 6.45) is 0. The Kier molecular flexibility index (Phi) is 6.10. The molecular weight excluding hydrogens is 382 g/mol. The number of carbonyl (C=O) groups excluding carboxylic acids is 1. The first-order chi connectivity index (χ1) is 14.2. The van der Waals surface area contributed by atoms with E-state index < -0.39 is 6.04 Å². The molecule has 1 atom stereocenters. The van der Waals surface area contributed by atoms with Crippen LogP contribution in [0.1, 0.15) is 55.5 Å². The molecule has 0 radical (unpaired) electrons. The number of nitrogens with one attached hydrogen (secondary N) is 1. The third kappa shape index (κ3) is 4.62. The first kappa shape index (κ1) is 21.4. The smallest absolute Gasteiger partial charge is 0.251 e. The van der Waals surface area contributed by atoms with E-state index in [0.717, 1.165) is 5.56 Å². The number of benzene rings is 2. The molecule has 7 heteroatoms. The average Bonchev–Trinajstić information content (AvgIpc) is 3.23. The van der Waals surface area contributed by atoms with Gasteiger partial charge in [-0.3, -0.25) is 4.79 Å². The fourth-order valence-corrected chi connectivity index (χ4v) is 2.97. The monoisotopic (exact) mass is 409 g/mol. The Bertz CT molecular complexity index is 1020. The minimum Gasteiger partial charge on any atom is -0.493 e. The maximum absolute atomic E-state index is 12.6. The summed E-state index contributed by atoms with van der Waals surface area (Å²) in [7, 11) is 3.14. The fourth-order valence-electron chi connectivity index (χ4n) is 2.97. The van der Waals surface area contributed by atoms with Crippen molar-refractivity contribution in [1.29, 1.82) is 0 Å². The van der Waals surface area contributed by atoms with Gasteiger partial charge in [-0.2, -0.15) is 4.98 Å². The highest BCUT2D eigenvalue weighted by Crippen LogP contribution is 2.31. The second kappa shape index (κ2) is 8.57. The first-order valence-electron chi connectivity index (χ1n) is 9.70. The number of hydrogen-bond donors (Lipinski definition) is 1. The van der Waals surface area contributed by atoms with Crippen LogP contribution >= 0.6 is 0 Å². The summed E-state index contributed by atoms with van der Waals surface area (Å²) >= 11 is 0. The number of ether oxygens (including phenoxy) is 2. The van der Waals surface area contributed by atoms with E-state index in [-0.39, 0.29) is 11.3 Å². The van der Waals surface area contributed by atoms with E-state index in [1.54, 1.807) is 33.3 Å². The highest BCUT2D eigenvalue weighted by Gasteiger charge is 2.20. The number of amides is 1. The number of aromatic nitrogens is 2. The molecule has 1 N–H and O–H groups in total. The fraction of sp³-hybridized carbons (Fsp3) is 0.348. The Morgan fingerprint density at radius 2 is 1.70 bits per heavy atom. The van der Waals surface area contributed by atoms with E-state index in [0.29, 0.717) is 28.8 Å². The van der Waals surface area contributed by atoms with Crippen molar-refractivity contribution in [3.8, 4) is 22.9 Å². The molecule has 158 valence electrons. The SMILES string of the molecule is COc1ccc(-c2noc([C@H](C)NC(=O)c3ccc(C(C)(C)C)cc3)n2)cc1OC. The molecule has 1 heterocycles. The summed E-state index contributed by atoms with van der Waals surface area (Å²) in [5, 5.41) is 6.92. The van der Waals surface area contributed by atoms with Gasteiger partial charge in [0.1, 0.15) is 6.04 Å². The van der Waals surface area contributed by atoms with E-state index in [1.165, 1.54) is 5.56 Å². The molecule has 3 aromatic rings. The second-order valence-electron chi connectivity index (χ2n) is 8.05. The molecule has 0 aliphatic carbocycles. The highest BCUT2D eigenvalue weighted by molar-refractivity contribution is 5.94. The van der Waals surface area contributed by atoms with Crippen molar-refractivity contribution in [2.75, 3.05) is 14.2 Å². The zero-order chi connectivity index (χ0) is 21.9. The van der Waals surface area contributed by atoms with Gasteiger partial charge in [0, 0.05) is 11.1 Å². The third-order valence-corrected chi connectivity index (χ3v) is 4.81. The van der Waals surface area contributed by atoms with Crippen molar-refractivity contribution in [1.82, 2.24) is 15.5 Å². The topological polar surface area (TPSA) is 86.5 Å². The first-order valence-corrected chi connectivity index (χ1v) is 9.70. The van der Waals surface area contributed by atoms with Gasteiger partial charge in [0.05, 0.1) is 14.2 Å². The molecule has 0 fully saturated rings. The number of carbonyl (C=O) groups is 1. The van der Waals surface area contributed by atoms with Crippen LogP contribution in [0.4, 0.5) is 0 Å². The van der Waals surface area contributed by atoms with Crippen LogP contribution in [0.15, 0.2) is 47.0 Å². The summed E-state index contributed by atoms with van der Waals surface area (Å²) in [6, 6.07) is 12.5. The van der Waals surface area contributed by atoms with Crippen LogP contribution < -0.4 is 14.8 Å². The van der Waals surface area contributed by atoms with Crippen LogP contribution in [0.25, 0.3) is 11.4 Å². The Morgan fingerprint density at radius 1 is 1.03 bits per heavy atom. The number of nitrogens with zero attached hydrogens (tertiary/aromatic N) is 2. The quantitative estimate of drug-likeness (QED) is 0.643. The van der Waals surface area contributed by atoms with Crippen LogP contribution in [0, 0.1) is 0 Å². The van der Waals surface area contributed by atoms with E-state index in [4.69, 9.17) is 14.0 Å². The van der Waals surface area contributed by atoms with Gasteiger partial charge in [0.25, 0.3) is 5.91 Å². The van der Waals surface area contributed by atoms with E-state index >= 15 is 0 Å². The normalized spacial score (nSPS) is 12.3. The largest absolute Gasteiger partial charge is 0.493 e. The molecule has 0 unspecified atom stereocenters. The van der Waals surface area contributed by atoms with Crippen LogP contribution in [0.2, 0.25) is 0 Å². The molecule has 7 nitrogen and oxygen atoms in total. The van der Waals surface area contributed by atoms with Crippen LogP contribution in [-0.2, 0) is 5.41 Å². The van der Waals surface area contributed by atoms with Crippen molar-refractivity contribution in [2.45, 2.75) is 39.2 Å². The van der Waals surface area contributed by atoms with E-state index in [2.05, 4.69) is 36.2 Å². The van der Waals surface area contributed by atoms with Gasteiger partial charge in [0.15, 0.2) is 11.5 Å². The molecule has 0 spiro atoms. The van der Waals surface area contributed by atoms with Crippen molar-refractivity contribution >= 4 is 5.91 Å². The van der Waals surface area contributed by atoms with Gasteiger partial charge in [-0.1, -0.05) is 38.1 Å². The number of hydrogen-bond acceptors (Lipinski definition) is 6. The lowest BCUT2D eigenvalue weighted by Crippen LogP contribution is -2.27. The predicted octanol–water partition coefficient (Wildman–Crippen LogP) is 4.54. The van der Waals surface area contributed by atoms with Crippen LogP contribution in [0.3, 0.4) is 0 Å². The molecule has 1 amide bonds. The molecule has 0 bridgehead atoms. The second-order valence-corrected chi connectivity index (χ2v) is 8.05. The van der Waals surface area contributed by atoms with Gasteiger partial charge in [-0.25, -0.2) is 0 Å². The molecule has 2 aromatic carbocycles. The maximum atomic E-state index is 12.6. The van der Waals surface area contributed by atoms with Crippen LogP contribution in [0.5, 0.6) is 11.5 Å². The van der Waals surface area contributed by atoms with Gasteiger partial charge in [0.2, 0.25) is 11.7 Å². The van der Waals surface area contributed by atoms with Gasteiger partial charge >= 0.3 is 0 Å². The van der Waals surface area contributed by atoms with Crippen molar-refractivity contribution < 1.29 is 18.8 Å². The zero-order valence-corrected chi connectivity index (χ0v) is 18.1. The summed E-state index contributed by atoms with van der Waals surface area (Å²) < 4.78 is 15.9. The molecule has 1 aromatic heterocycles. The minimum atomic E-state index is -0.443. The van der Waals surface area contributed by atoms with E-state index in [1.807, 2.05) is 30.3 Å². The standard InChI is InChI=1S/C23H27N3O4/c1-14(24-21(27)15-7-10-17(11-8-15)23(2,3)4)22-25-20(26-30-22)16-9-12-18(28-5)19(13-16)29-6/h7-14H,1-6H3,(H,24,27)/t14-/m0/s1. The van der Waals surface area contributed by atoms with E-state index in [9.17, 15) is 4.79 Å². The number of rotatable bonds is 6. The highest BCUT2D eigenvalue weighted by atomic mass is 16.5. The summed E-state index contributed by atoms with van der Waals surface area (Å²) in [6.45, 7) is 8.20. The Balaban J connectivity index is 1.72. The predicted molar refractivity (Wildman–Crippen MR) is 114 cm³/mol. The lowest BCUT2D eigenvalue weighted by molar-refractivity contribution is 0.0932. The molecule has 0 saturated heterocycles. The van der Waals surface area contributed by atoms with Gasteiger partial charge in [-0.15, -0.1) is 0 Å². The Morgan fingerprint density at radius 3 is 2.30 bits per heavy atom. The minimum absolute atomic E-state index is 0.0343. The maximum Gasteiger partial charge on any atom is 0.251 e. The lowest BCUT2D eigenvalue weighted by Gasteiger charge is -2.19. The molecule has 0 aliphatic rings. The van der Waals surface area contributed by atoms with Gasteiger partial charge < -0.3 is 19.3 Å². The van der Waals surface area contributed by atoms with Crippen molar-refractivity contribution in [3.05, 3.63) is 59.5 Å². The number of methoxy groups -OCH3 is 2. The zero-order valence-electron chi connectivity index (χ0n) is 18.1. The summed E-state index contributed by atoms with van der Waals surface area (Å²) in [5.74, 6) is 1.71. The third-order valence-electron chi connectivity index (χ3n) is 4.81. The van der Waals surface area contributed by atoms with Crippen LogP contribution in [-0.4, -0.2) is 30.3 Å². The molecule has 3 rings (SSSR count). The summed E-state index contributed by atoms with van der Waals surface area (Å²) in [5.41, 5.74) is 2.50. The van der Waals surface area contributed by atoms with Gasteiger partial charge in [-0.05, 0) is 48.2 Å². The molecule has 0 aliphatic heterocycles.